The van der Waals surface area contributed by atoms with E-state index in [2.05, 4.69) is 13.5 Å². The third-order valence-electron chi connectivity index (χ3n) is 5.35. The zero-order chi connectivity index (χ0) is 12.3. The summed E-state index contributed by atoms with van der Waals surface area (Å²) in [5, 5.41) is 0. The van der Waals surface area contributed by atoms with Gasteiger partial charge < -0.3 is 0 Å². The molecule has 0 radical (unpaired) electrons. The fourth-order valence-electron chi connectivity index (χ4n) is 4.10. The first-order chi connectivity index (χ1) is 8.13. The Balaban J connectivity index is 1.80. The van der Waals surface area contributed by atoms with Crippen molar-refractivity contribution in [3.8, 4) is 0 Å². The lowest BCUT2D eigenvalue weighted by molar-refractivity contribution is -0.121. The van der Waals surface area contributed by atoms with E-state index in [1.807, 2.05) is 0 Å². The summed E-state index contributed by atoms with van der Waals surface area (Å²) >= 11 is 0. The summed E-state index contributed by atoms with van der Waals surface area (Å²) in [6, 6.07) is 4.68. The predicted molar refractivity (Wildman–Crippen MR) is 76.0 cm³/mol. The first-order valence-electron chi connectivity index (χ1n) is 7.65. The van der Waals surface area contributed by atoms with E-state index in [1.54, 1.807) is 18.1 Å². The second-order valence-electron chi connectivity index (χ2n) is 6.77. The van der Waals surface area contributed by atoms with Crippen molar-refractivity contribution in [2.24, 2.45) is 11.8 Å². The van der Waals surface area contributed by atoms with Crippen molar-refractivity contribution < 1.29 is 4.79 Å². The van der Waals surface area contributed by atoms with Gasteiger partial charge in [-0.1, -0.05) is 50.9 Å². The lowest BCUT2D eigenvalue weighted by Crippen LogP contribution is -2.37. The molecule has 1 nitrogen and oxygen atoms in total. The Bertz CT molecular complexity index is 256. The van der Waals surface area contributed by atoms with E-state index >= 15 is 0 Å². The second-order valence-corrected chi connectivity index (χ2v) is 11.9. The van der Waals surface area contributed by atoms with Crippen LogP contribution in [0.2, 0.25) is 24.7 Å². The maximum atomic E-state index is 11.3. The predicted octanol–water partition coefficient (Wildman–Crippen LogP) is 4.64. The molecule has 2 heteroatoms. The molecule has 0 atom stereocenters. The maximum absolute atomic E-state index is 11.3. The average molecular weight is 252 g/mol. The van der Waals surface area contributed by atoms with Crippen LogP contribution in [0.3, 0.4) is 0 Å². The van der Waals surface area contributed by atoms with Gasteiger partial charge in [0.1, 0.15) is 5.78 Å². The number of carbonyl (C=O) groups is 1. The van der Waals surface area contributed by atoms with Crippen molar-refractivity contribution in [2.75, 3.05) is 0 Å². The summed E-state index contributed by atoms with van der Waals surface area (Å²) in [6.45, 7) is 4.97. The van der Waals surface area contributed by atoms with Gasteiger partial charge in [-0.3, -0.25) is 4.79 Å². The SMILES string of the molecule is CCC[Si]1(C)CCC(C2CCC(=O)CC2)CC1. The fourth-order valence-corrected chi connectivity index (χ4v) is 8.19. The Morgan fingerprint density at radius 3 is 2.12 bits per heavy atom. The molecule has 1 saturated heterocycles. The normalized spacial score (nSPS) is 36.1. The first kappa shape index (κ1) is 13.3. The molecule has 0 bridgehead atoms. The molecule has 1 saturated carbocycles. The molecule has 0 aromatic carbocycles. The number of hydrogen-bond donors (Lipinski definition) is 0. The summed E-state index contributed by atoms with van der Waals surface area (Å²) in [5.41, 5.74) is 0. The van der Waals surface area contributed by atoms with Crippen molar-refractivity contribution in [3.05, 3.63) is 0 Å². The largest absolute Gasteiger partial charge is 0.300 e. The monoisotopic (exact) mass is 252 g/mol. The zero-order valence-electron chi connectivity index (χ0n) is 11.6. The third-order valence-corrected chi connectivity index (χ3v) is 10.0. The van der Waals surface area contributed by atoms with Gasteiger partial charge in [0.05, 0.1) is 8.07 Å². The number of carbonyl (C=O) groups excluding carboxylic acids is 1. The van der Waals surface area contributed by atoms with Crippen LogP contribution < -0.4 is 0 Å². The zero-order valence-corrected chi connectivity index (χ0v) is 12.6. The smallest absolute Gasteiger partial charge is 0.132 e. The molecule has 2 rings (SSSR count). The van der Waals surface area contributed by atoms with Crippen LogP contribution in [0, 0.1) is 11.8 Å². The maximum Gasteiger partial charge on any atom is 0.132 e. The highest BCUT2D eigenvalue weighted by molar-refractivity contribution is 6.78. The third kappa shape index (κ3) is 3.43. The Labute approximate surface area is 107 Å². The molecule has 98 valence electrons. The number of rotatable bonds is 3. The van der Waals surface area contributed by atoms with Gasteiger partial charge in [0.15, 0.2) is 0 Å². The lowest BCUT2D eigenvalue weighted by atomic mass is 9.77. The van der Waals surface area contributed by atoms with Crippen molar-refractivity contribution >= 4 is 13.9 Å². The molecule has 2 aliphatic rings. The van der Waals surface area contributed by atoms with E-state index in [0.717, 1.165) is 24.7 Å². The Hall–Kier alpha value is -0.113. The highest BCUT2D eigenvalue weighted by atomic mass is 28.3. The highest BCUT2D eigenvalue weighted by Crippen LogP contribution is 2.42. The van der Waals surface area contributed by atoms with E-state index in [1.165, 1.54) is 32.1 Å². The van der Waals surface area contributed by atoms with E-state index in [-0.39, 0.29) is 0 Å². The van der Waals surface area contributed by atoms with Gasteiger partial charge in [-0.15, -0.1) is 0 Å². The summed E-state index contributed by atoms with van der Waals surface area (Å²) < 4.78 is 0. The van der Waals surface area contributed by atoms with Crippen LogP contribution in [0.5, 0.6) is 0 Å². The van der Waals surface area contributed by atoms with Crippen LogP contribution >= 0.6 is 0 Å². The molecule has 0 amide bonds. The van der Waals surface area contributed by atoms with Gasteiger partial charge in [0.25, 0.3) is 0 Å². The summed E-state index contributed by atoms with van der Waals surface area (Å²) in [7, 11) is -0.822. The van der Waals surface area contributed by atoms with Crippen molar-refractivity contribution in [1.82, 2.24) is 0 Å². The van der Waals surface area contributed by atoms with Crippen molar-refractivity contribution in [2.45, 2.75) is 76.5 Å². The number of Topliss-reactive ketones (excluding diaryl/α,β-unsaturated/α-hetero) is 1. The topological polar surface area (TPSA) is 17.1 Å². The van der Waals surface area contributed by atoms with Crippen LogP contribution in [0.4, 0.5) is 0 Å². The Kier molecular flexibility index (Phi) is 4.45. The summed E-state index contributed by atoms with van der Waals surface area (Å²) in [5.74, 6) is 2.38. The number of ketones is 1. The molecule has 1 aliphatic carbocycles. The molecular formula is C15H28OSi. The van der Waals surface area contributed by atoms with Gasteiger partial charge >= 0.3 is 0 Å². The van der Waals surface area contributed by atoms with Crippen LogP contribution in [-0.4, -0.2) is 13.9 Å². The highest BCUT2D eigenvalue weighted by Gasteiger charge is 2.35. The molecule has 17 heavy (non-hydrogen) atoms. The molecule has 0 aromatic heterocycles. The van der Waals surface area contributed by atoms with Crippen molar-refractivity contribution in [1.29, 1.82) is 0 Å². The molecule has 0 aromatic rings. The molecule has 0 unspecified atom stereocenters. The molecule has 0 N–H and O–H groups in total. The van der Waals surface area contributed by atoms with Crippen LogP contribution in [-0.2, 0) is 4.79 Å². The lowest BCUT2D eigenvalue weighted by Gasteiger charge is -2.40. The molecule has 0 spiro atoms. The van der Waals surface area contributed by atoms with Gasteiger partial charge in [0, 0.05) is 12.8 Å². The second kappa shape index (κ2) is 5.68. The molecule has 1 aliphatic heterocycles. The Morgan fingerprint density at radius 1 is 1.06 bits per heavy atom. The van der Waals surface area contributed by atoms with Crippen molar-refractivity contribution in [3.63, 3.8) is 0 Å². The standard InChI is InChI=1S/C15H28OSi/c1-3-10-17(2)11-8-14(9-12-17)13-4-6-15(16)7-5-13/h13-14H,3-12H2,1-2H3. The van der Waals surface area contributed by atoms with E-state index in [4.69, 9.17) is 0 Å². The first-order valence-corrected chi connectivity index (χ1v) is 10.8. The number of hydrogen-bond acceptors (Lipinski definition) is 1. The van der Waals surface area contributed by atoms with Crippen LogP contribution in [0.15, 0.2) is 0 Å². The van der Waals surface area contributed by atoms with Gasteiger partial charge in [-0.25, -0.2) is 0 Å². The summed E-state index contributed by atoms with van der Waals surface area (Å²) in [6.07, 6.45) is 8.54. The molecule has 2 fully saturated rings. The fraction of sp³-hybridized carbons (Fsp3) is 0.933. The van der Waals surface area contributed by atoms with E-state index in [9.17, 15) is 4.79 Å². The minimum absolute atomic E-state index is 0.516. The van der Waals surface area contributed by atoms with E-state index < -0.39 is 8.07 Å². The average Bonchev–Trinajstić information content (AvgIpc) is 2.31. The minimum Gasteiger partial charge on any atom is -0.300 e. The van der Waals surface area contributed by atoms with Gasteiger partial charge in [-0.05, 0) is 24.7 Å². The van der Waals surface area contributed by atoms with Crippen LogP contribution in [0.1, 0.15) is 51.9 Å². The van der Waals surface area contributed by atoms with Crippen LogP contribution in [0.25, 0.3) is 0 Å². The molecule has 1 heterocycles. The van der Waals surface area contributed by atoms with E-state index in [0.29, 0.717) is 5.78 Å². The molecular weight excluding hydrogens is 224 g/mol. The van der Waals surface area contributed by atoms with Gasteiger partial charge in [-0.2, -0.15) is 0 Å². The minimum atomic E-state index is -0.822. The quantitative estimate of drug-likeness (QED) is 0.669. The summed E-state index contributed by atoms with van der Waals surface area (Å²) in [4.78, 5) is 11.3. The van der Waals surface area contributed by atoms with Gasteiger partial charge in [0.2, 0.25) is 0 Å². The Morgan fingerprint density at radius 2 is 1.59 bits per heavy atom.